The number of esters is 2. The van der Waals surface area contributed by atoms with Crippen molar-refractivity contribution in [2.45, 2.75) is 79.1 Å². The van der Waals surface area contributed by atoms with Gasteiger partial charge in [0.05, 0.1) is 13.2 Å². The Bertz CT molecular complexity index is 1010. The number of aryl methyl sites for hydroxylation is 2. The fourth-order valence-electron chi connectivity index (χ4n) is 4.40. The molecule has 36 heavy (non-hydrogen) atoms. The number of carbonyl (C=O) groups is 4. The first kappa shape index (κ1) is 28.7. The Morgan fingerprint density at radius 3 is 1.33 bits per heavy atom. The highest BCUT2D eigenvalue weighted by Crippen LogP contribution is 2.26. The monoisotopic (exact) mass is 504 g/mol. The van der Waals surface area contributed by atoms with E-state index >= 15 is 0 Å². The van der Waals surface area contributed by atoms with Crippen molar-refractivity contribution in [2.75, 3.05) is 13.2 Å². The Balaban J connectivity index is 2.36. The smallest absolute Gasteiger partial charge is 0.355 e. The summed E-state index contributed by atoms with van der Waals surface area (Å²) in [6, 6.07) is 0. The van der Waals surface area contributed by atoms with Crippen LogP contribution in [0.3, 0.4) is 0 Å². The summed E-state index contributed by atoms with van der Waals surface area (Å²) in [5.74, 6) is -2.68. The number of hydrogen-bond donors (Lipinski definition) is 4. The molecule has 2 aromatic rings. The molecular weight excluding hydrogens is 468 g/mol. The van der Waals surface area contributed by atoms with Crippen LogP contribution >= 0.6 is 0 Å². The van der Waals surface area contributed by atoms with E-state index in [0.717, 1.165) is 33.6 Å². The van der Waals surface area contributed by atoms with Crippen LogP contribution in [0.1, 0.15) is 94.1 Å². The van der Waals surface area contributed by atoms with Gasteiger partial charge in [-0.15, -0.1) is 0 Å². The van der Waals surface area contributed by atoms with Gasteiger partial charge < -0.3 is 29.7 Å². The molecule has 2 heterocycles. The summed E-state index contributed by atoms with van der Waals surface area (Å²) in [6.45, 7) is 7.56. The van der Waals surface area contributed by atoms with Gasteiger partial charge in [-0.05, 0) is 88.5 Å². The Hall–Kier alpha value is -3.56. The maximum Gasteiger partial charge on any atom is 0.355 e. The molecule has 0 unspecified atom stereocenters. The van der Waals surface area contributed by atoms with Crippen LogP contribution in [-0.4, -0.2) is 57.3 Å². The lowest BCUT2D eigenvalue weighted by molar-refractivity contribution is -0.138. The molecule has 10 nitrogen and oxygen atoms in total. The first-order chi connectivity index (χ1) is 17.1. The van der Waals surface area contributed by atoms with E-state index < -0.39 is 23.9 Å². The van der Waals surface area contributed by atoms with Gasteiger partial charge in [0.25, 0.3) is 0 Å². The standard InChI is InChI=1S/C26H36N2O8/c1-5-35-25(33)23-15(3)17(9-7-11-21(29)30)19(27-23)13-14-20-18(10-8-12-22(31)32)16(4)24(28-20)26(34)36-6-2/h27-28H,5-14H2,1-4H3,(H,29,30)(H,31,32). The van der Waals surface area contributed by atoms with Crippen LogP contribution in [0.4, 0.5) is 0 Å². The van der Waals surface area contributed by atoms with Crippen LogP contribution in [0, 0.1) is 13.8 Å². The normalized spacial score (nSPS) is 10.9. The number of ether oxygens (including phenoxy) is 2. The van der Waals surface area contributed by atoms with E-state index in [1.807, 2.05) is 13.8 Å². The lowest BCUT2D eigenvalue weighted by Crippen LogP contribution is -2.07. The second-order valence-electron chi connectivity index (χ2n) is 8.60. The number of aromatic amines is 2. The molecular formula is C26H36N2O8. The zero-order valence-electron chi connectivity index (χ0n) is 21.4. The molecule has 198 valence electrons. The van der Waals surface area contributed by atoms with Crippen molar-refractivity contribution < 1.29 is 38.9 Å². The number of carboxylic acid groups (broad SMARTS) is 2. The zero-order chi connectivity index (χ0) is 26.8. The van der Waals surface area contributed by atoms with E-state index in [9.17, 15) is 19.2 Å². The highest BCUT2D eigenvalue weighted by molar-refractivity contribution is 5.90. The van der Waals surface area contributed by atoms with Crippen molar-refractivity contribution in [3.8, 4) is 0 Å². The molecule has 0 aliphatic heterocycles. The number of aliphatic carboxylic acids is 2. The molecule has 0 saturated carbocycles. The predicted molar refractivity (Wildman–Crippen MR) is 132 cm³/mol. The second-order valence-corrected chi connectivity index (χ2v) is 8.60. The highest BCUT2D eigenvalue weighted by Gasteiger charge is 2.23. The van der Waals surface area contributed by atoms with Crippen molar-refractivity contribution in [1.82, 2.24) is 9.97 Å². The molecule has 0 aliphatic rings. The van der Waals surface area contributed by atoms with Crippen LogP contribution in [0.2, 0.25) is 0 Å². The molecule has 0 fully saturated rings. The molecule has 0 aliphatic carbocycles. The van der Waals surface area contributed by atoms with Crippen molar-refractivity contribution in [3.05, 3.63) is 45.0 Å². The maximum absolute atomic E-state index is 12.4. The zero-order valence-corrected chi connectivity index (χ0v) is 21.4. The number of aromatic nitrogens is 2. The lowest BCUT2D eigenvalue weighted by Gasteiger charge is -2.07. The second kappa shape index (κ2) is 13.5. The molecule has 0 atom stereocenters. The molecule has 0 bridgehead atoms. The minimum absolute atomic E-state index is 0.0191. The summed E-state index contributed by atoms with van der Waals surface area (Å²) in [6.07, 6.45) is 2.88. The lowest BCUT2D eigenvalue weighted by atomic mass is 9.98. The van der Waals surface area contributed by atoms with Crippen LogP contribution in [0.15, 0.2) is 0 Å². The quantitative estimate of drug-likeness (QED) is 0.266. The van der Waals surface area contributed by atoms with Gasteiger partial charge in [-0.25, -0.2) is 9.59 Å². The third-order valence-electron chi connectivity index (χ3n) is 6.15. The molecule has 0 aromatic carbocycles. The van der Waals surface area contributed by atoms with E-state index in [1.165, 1.54) is 0 Å². The van der Waals surface area contributed by atoms with E-state index in [4.69, 9.17) is 19.7 Å². The molecule has 0 radical (unpaired) electrons. The van der Waals surface area contributed by atoms with Crippen LogP contribution in [-0.2, 0) is 44.7 Å². The van der Waals surface area contributed by atoms with Gasteiger partial charge in [-0.1, -0.05) is 0 Å². The van der Waals surface area contributed by atoms with Crippen LogP contribution < -0.4 is 0 Å². The number of carboxylic acids is 2. The van der Waals surface area contributed by atoms with Gasteiger partial charge in [-0.3, -0.25) is 9.59 Å². The van der Waals surface area contributed by atoms with Gasteiger partial charge in [0, 0.05) is 24.2 Å². The average molecular weight is 505 g/mol. The minimum Gasteiger partial charge on any atom is -0.481 e. The molecule has 10 heteroatoms. The summed E-state index contributed by atoms with van der Waals surface area (Å²) in [5.41, 5.74) is 5.59. The predicted octanol–water partition coefficient (Wildman–Crippen LogP) is 3.91. The minimum atomic E-state index is -0.880. The van der Waals surface area contributed by atoms with Crippen molar-refractivity contribution in [3.63, 3.8) is 0 Å². The topological polar surface area (TPSA) is 159 Å². The largest absolute Gasteiger partial charge is 0.481 e. The fraction of sp³-hybridized carbons (Fsp3) is 0.538. The van der Waals surface area contributed by atoms with Crippen molar-refractivity contribution in [1.29, 1.82) is 0 Å². The SMILES string of the molecule is CCOC(=O)c1[nH]c(CCc2[nH]c(C(=O)OCC)c(C)c2CCCC(=O)O)c(CCCC(=O)O)c1C. The molecule has 0 spiro atoms. The summed E-state index contributed by atoms with van der Waals surface area (Å²) in [4.78, 5) is 53.3. The summed E-state index contributed by atoms with van der Waals surface area (Å²) in [7, 11) is 0. The average Bonchev–Trinajstić information content (AvgIpc) is 3.29. The van der Waals surface area contributed by atoms with Gasteiger partial charge >= 0.3 is 23.9 Å². The molecule has 0 saturated heterocycles. The van der Waals surface area contributed by atoms with Gasteiger partial charge in [0.1, 0.15) is 11.4 Å². The maximum atomic E-state index is 12.4. The van der Waals surface area contributed by atoms with Crippen molar-refractivity contribution >= 4 is 23.9 Å². The number of hydrogen-bond acceptors (Lipinski definition) is 6. The Morgan fingerprint density at radius 2 is 1.03 bits per heavy atom. The Kier molecular flexibility index (Phi) is 10.8. The number of rotatable bonds is 15. The third kappa shape index (κ3) is 7.47. The first-order valence-corrected chi connectivity index (χ1v) is 12.3. The first-order valence-electron chi connectivity index (χ1n) is 12.3. The van der Waals surface area contributed by atoms with Crippen molar-refractivity contribution in [2.24, 2.45) is 0 Å². The molecule has 4 N–H and O–H groups in total. The molecule has 0 amide bonds. The summed E-state index contributed by atoms with van der Waals surface area (Å²) in [5, 5.41) is 18.1. The number of nitrogens with one attached hydrogen (secondary N) is 2. The Morgan fingerprint density at radius 1 is 0.667 bits per heavy atom. The Labute approximate surface area is 210 Å². The third-order valence-corrected chi connectivity index (χ3v) is 6.15. The van der Waals surface area contributed by atoms with Crippen LogP contribution in [0.5, 0.6) is 0 Å². The van der Waals surface area contributed by atoms with E-state index in [2.05, 4.69) is 9.97 Å². The van der Waals surface area contributed by atoms with Crippen LogP contribution in [0.25, 0.3) is 0 Å². The molecule has 2 aromatic heterocycles. The fourth-order valence-corrected chi connectivity index (χ4v) is 4.40. The number of carbonyl (C=O) groups excluding carboxylic acids is 2. The summed E-state index contributed by atoms with van der Waals surface area (Å²) >= 11 is 0. The van der Waals surface area contributed by atoms with Gasteiger partial charge in [0.15, 0.2) is 0 Å². The van der Waals surface area contributed by atoms with E-state index in [1.54, 1.807) is 13.8 Å². The van der Waals surface area contributed by atoms with E-state index in [0.29, 0.717) is 49.9 Å². The molecule has 2 rings (SSSR count). The van der Waals surface area contributed by atoms with Gasteiger partial charge in [-0.2, -0.15) is 0 Å². The highest BCUT2D eigenvalue weighted by atomic mass is 16.5. The van der Waals surface area contributed by atoms with Gasteiger partial charge in [0.2, 0.25) is 0 Å². The van der Waals surface area contributed by atoms with E-state index in [-0.39, 0.29) is 26.1 Å². The summed E-state index contributed by atoms with van der Waals surface area (Å²) < 4.78 is 10.3. The number of H-pyrrole nitrogens is 2.